The fourth-order valence-corrected chi connectivity index (χ4v) is 1.09. The highest BCUT2D eigenvalue weighted by molar-refractivity contribution is 5.17. The Kier molecular flexibility index (Phi) is 2.05. The van der Waals surface area contributed by atoms with E-state index in [9.17, 15) is 0 Å². The molecule has 0 aliphatic rings. The molecular weight excluding hydrogens is 138 g/mol. The molecule has 0 atom stereocenters. The molecule has 1 aromatic heterocycles. The van der Waals surface area contributed by atoms with Gasteiger partial charge in [0.2, 0.25) is 0 Å². The maximum Gasteiger partial charge on any atom is 0.103 e. The summed E-state index contributed by atoms with van der Waals surface area (Å²) in [7, 11) is 0. The van der Waals surface area contributed by atoms with Crippen LogP contribution in [-0.4, -0.2) is 5.54 Å². The maximum absolute atomic E-state index is 5.85. The lowest BCUT2D eigenvalue weighted by Gasteiger charge is -2.17. The Morgan fingerprint density at radius 3 is 2.55 bits per heavy atom. The van der Waals surface area contributed by atoms with Crippen molar-refractivity contribution in [3.8, 4) is 0 Å². The van der Waals surface area contributed by atoms with E-state index in [1.54, 1.807) is 6.26 Å². The molecule has 0 saturated carbocycles. The first-order chi connectivity index (χ1) is 4.99. The van der Waals surface area contributed by atoms with E-state index in [2.05, 4.69) is 0 Å². The molecule has 0 spiro atoms. The van der Waals surface area contributed by atoms with E-state index < -0.39 is 0 Å². The monoisotopic (exact) mass is 153 g/mol. The Labute approximate surface area is 67.4 Å². The minimum absolute atomic E-state index is 0.144. The zero-order valence-electron chi connectivity index (χ0n) is 7.35. The second-order valence-corrected chi connectivity index (χ2v) is 3.67. The molecule has 2 N–H and O–H groups in total. The molecule has 0 amide bonds. The van der Waals surface area contributed by atoms with Gasteiger partial charge in [0.1, 0.15) is 5.76 Å². The Morgan fingerprint density at radius 2 is 2.18 bits per heavy atom. The number of furan rings is 1. The van der Waals surface area contributed by atoms with Gasteiger partial charge >= 0.3 is 0 Å². The molecule has 62 valence electrons. The van der Waals surface area contributed by atoms with Gasteiger partial charge in [-0.05, 0) is 38.8 Å². The topological polar surface area (TPSA) is 39.2 Å². The number of aryl methyl sites for hydroxylation is 1. The SMILES string of the molecule is Cc1occc1CC(C)(C)N. The molecule has 0 aliphatic carbocycles. The van der Waals surface area contributed by atoms with Crippen LogP contribution in [0.3, 0.4) is 0 Å². The number of hydrogen-bond acceptors (Lipinski definition) is 2. The third-order valence-corrected chi connectivity index (χ3v) is 1.61. The first-order valence-electron chi connectivity index (χ1n) is 3.81. The van der Waals surface area contributed by atoms with Gasteiger partial charge < -0.3 is 10.2 Å². The highest BCUT2D eigenvalue weighted by Gasteiger charge is 2.13. The minimum atomic E-state index is -0.144. The molecule has 0 aliphatic heterocycles. The Morgan fingerprint density at radius 1 is 1.55 bits per heavy atom. The van der Waals surface area contributed by atoms with E-state index in [1.165, 1.54) is 5.56 Å². The van der Waals surface area contributed by atoms with Gasteiger partial charge in [0.05, 0.1) is 6.26 Å². The van der Waals surface area contributed by atoms with Gasteiger partial charge in [-0.1, -0.05) is 0 Å². The molecule has 0 unspecified atom stereocenters. The number of nitrogens with two attached hydrogens (primary N) is 1. The average molecular weight is 153 g/mol. The number of hydrogen-bond donors (Lipinski definition) is 1. The third-order valence-electron chi connectivity index (χ3n) is 1.61. The van der Waals surface area contributed by atoms with Gasteiger partial charge in [-0.15, -0.1) is 0 Å². The van der Waals surface area contributed by atoms with Crippen molar-refractivity contribution < 1.29 is 4.42 Å². The van der Waals surface area contributed by atoms with Gasteiger partial charge in [0.15, 0.2) is 0 Å². The molecule has 11 heavy (non-hydrogen) atoms. The summed E-state index contributed by atoms with van der Waals surface area (Å²) < 4.78 is 5.15. The minimum Gasteiger partial charge on any atom is -0.469 e. The fraction of sp³-hybridized carbons (Fsp3) is 0.556. The van der Waals surface area contributed by atoms with Crippen molar-refractivity contribution in [3.05, 3.63) is 23.7 Å². The van der Waals surface area contributed by atoms with E-state index in [0.717, 1.165) is 12.2 Å². The number of rotatable bonds is 2. The van der Waals surface area contributed by atoms with Crippen LogP contribution in [-0.2, 0) is 6.42 Å². The Balaban J connectivity index is 2.72. The van der Waals surface area contributed by atoms with Crippen LogP contribution in [0.5, 0.6) is 0 Å². The first-order valence-corrected chi connectivity index (χ1v) is 3.81. The summed E-state index contributed by atoms with van der Waals surface area (Å²) in [6.45, 7) is 5.99. The van der Waals surface area contributed by atoms with Gasteiger partial charge in [-0.2, -0.15) is 0 Å². The Bertz CT molecular complexity index is 232. The van der Waals surface area contributed by atoms with E-state index in [4.69, 9.17) is 10.2 Å². The van der Waals surface area contributed by atoms with E-state index in [0.29, 0.717) is 0 Å². The molecule has 1 heterocycles. The predicted molar refractivity (Wildman–Crippen MR) is 45.4 cm³/mol. The summed E-state index contributed by atoms with van der Waals surface area (Å²) in [5, 5.41) is 0. The molecule has 1 aromatic rings. The van der Waals surface area contributed by atoms with Gasteiger partial charge in [0.25, 0.3) is 0 Å². The lowest BCUT2D eigenvalue weighted by atomic mass is 9.97. The quantitative estimate of drug-likeness (QED) is 0.704. The summed E-state index contributed by atoms with van der Waals surface area (Å²) in [5.74, 6) is 0.975. The molecule has 1 rings (SSSR count). The van der Waals surface area contributed by atoms with Crippen LogP contribution in [0.4, 0.5) is 0 Å². The summed E-state index contributed by atoms with van der Waals surface area (Å²) in [6, 6.07) is 1.98. The zero-order chi connectivity index (χ0) is 8.48. The summed E-state index contributed by atoms with van der Waals surface area (Å²) in [5.41, 5.74) is 6.92. The molecule has 0 bridgehead atoms. The predicted octanol–water partition coefficient (Wildman–Crippen LogP) is 1.87. The van der Waals surface area contributed by atoms with Gasteiger partial charge in [-0.3, -0.25) is 0 Å². The smallest absolute Gasteiger partial charge is 0.103 e. The van der Waals surface area contributed by atoms with Gasteiger partial charge in [0, 0.05) is 5.54 Å². The molecule has 2 nitrogen and oxygen atoms in total. The van der Waals surface area contributed by atoms with E-state index in [1.807, 2.05) is 26.8 Å². The summed E-state index contributed by atoms with van der Waals surface area (Å²) in [4.78, 5) is 0. The largest absolute Gasteiger partial charge is 0.469 e. The summed E-state index contributed by atoms with van der Waals surface area (Å²) in [6.07, 6.45) is 2.58. The highest BCUT2D eigenvalue weighted by Crippen LogP contribution is 2.14. The zero-order valence-corrected chi connectivity index (χ0v) is 7.35. The lowest BCUT2D eigenvalue weighted by molar-refractivity contribution is 0.494. The fourth-order valence-electron chi connectivity index (χ4n) is 1.09. The van der Waals surface area contributed by atoms with Crippen molar-refractivity contribution in [1.82, 2.24) is 0 Å². The van der Waals surface area contributed by atoms with Crippen molar-refractivity contribution in [3.63, 3.8) is 0 Å². The Hall–Kier alpha value is -0.760. The normalized spacial score (nSPS) is 12.0. The van der Waals surface area contributed by atoms with Crippen LogP contribution in [0.15, 0.2) is 16.7 Å². The maximum atomic E-state index is 5.85. The highest BCUT2D eigenvalue weighted by atomic mass is 16.3. The molecule has 0 fully saturated rings. The molecule has 0 saturated heterocycles. The molecular formula is C9H15NO. The molecule has 0 aromatic carbocycles. The van der Waals surface area contributed by atoms with Gasteiger partial charge in [-0.25, -0.2) is 0 Å². The molecule has 2 heteroatoms. The van der Waals surface area contributed by atoms with Crippen LogP contribution in [0.25, 0.3) is 0 Å². The first kappa shape index (κ1) is 8.34. The second-order valence-electron chi connectivity index (χ2n) is 3.67. The van der Waals surface area contributed by atoms with Crippen molar-refractivity contribution >= 4 is 0 Å². The standard InChI is InChI=1S/C9H15NO/c1-7-8(4-5-11-7)6-9(2,3)10/h4-5H,6,10H2,1-3H3. The van der Waals surface area contributed by atoms with Crippen molar-refractivity contribution in [2.45, 2.75) is 32.7 Å². The lowest BCUT2D eigenvalue weighted by Crippen LogP contribution is -2.34. The second kappa shape index (κ2) is 2.70. The van der Waals surface area contributed by atoms with Crippen LogP contribution < -0.4 is 5.73 Å². The van der Waals surface area contributed by atoms with Crippen molar-refractivity contribution in [2.24, 2.45) is 5.73 Å². The summed E-state index contributed by atoms with van der Waals surface area (Å²) >= 11 is 0. The van der Waals surface area contributed by atoms with Crippen LogP contribution >= 0.6 is 0 Å². The van der Waals surface area contributed by atoms with Crippen LogP contribution in [0.1, 0.15) is 25.2 Å². The van der Waals surface area contributed by atoms with E-state index in [-0.39, 0.29) is 5.54 Å². The van der Waals surface area contributed by atoms with E-state index >= 15 is 0 Å². The van der Waals surface area contributed by atoms with Crippen LogP contribution in [0, 0.1) is 6.92 Å². The molecule has 0 radical (unpaired) electrons. The van der Waals surface area contributed by atoms with Crippen molar-refractivity contribution in [1.29, 1.82) is 0 Å². The third kappa shape index (κ3) is 2.39. The van der Waals surface area contributed by atoms with Crippen LogP contribution in [0.2, 0.25) is 0 Å². The van der Waals surface area contributed by atoms with Crippen molar-refractivity contribution in [2.75, 3.05) is 0 Å². The average Bonchev–Trinajstić information content (AvgIpc) is 2.12.